The van der Waals surface area contributed by atoms with Crippen molar-refractivity contribution in [3.8, 4) is 0 Å². The number of methoxy groups -OCH3 is 1. The molecule has 32 heavy (non-hydrogen) atoms. The number of alkyl halides is 3. The zero-order valence-corrected chi connectivity index (χ0v) is 18.7. The van der Waals surface area contributed by atoms with E-state index in [2.05, 4.69) is 5.32 Å². The number of para-hydroxylation sites is 1. The third kappa shape index (κ3) is 5.43. The van der Waals surface area contributed by atoms with Gasteiger partial charge in [0.25, 0.3) is 0 Å². The van der Waals surface area contributed by atoms with Gasteiger partial charge in [0, 0.05) is 37.4 Å². The van der Waals surface area contributed by atoms with Gasteiger partial charge in [-0.1, -0.05) is 29.8 Å². The molecule has 1 saturated heterocycles. The molecule has 2 aromatic rings. The molecule has 2 aromatic carbocycles. The van der Waals surface area contributed by atoms with Crippen molar-refractivity contribution < 1.29 is 31.1 Å². The number of ether oxygens (including phenoxy) is 1. The molecule has 1 N–H and O–H groups in total. The molecule has 1 amide bonds. The second-order valence-electron chi connectivity index (χ2n) is 7.40. The van der Waals surface area contributed by atoms with Gasteiger partial charge in [-0.15, -0.1) is 0 Å². The van der Waals surface area contributed by atoms with Crippen molar-refractivity contribution in [3.63, 3.8) is 0 Å². The summed E-state index contributed by atoms with van der Waals surface area (Å²) in [6.07, 6.45) is -4.28. The lowest BCUT2D eigenvalue weighted by Crippen LogP contribution is -2.41. The van der Waals surface area contributed by atoms with Crippen LogP contribution in [0.15, 0.2) is 47.4 Å². The quantitative estimate of drug-likeness (QED) is 0.645. The number of carbonyl (C=O) groups excluding carboxylic acids is 1. The zero-order chi connectivity index (χ0) is 23.5. The first-order chi connectivity index (χ1) is 15.0. The molecule has 1 aliphatic heterocycles. The van der Waals surface area contributed by atoms with Crippen LogP contribution in [0.5, 0.6) is 0 Å². The largest absolute Gasteiger partial charge is 0.417 e. The summed E-state index contributed by atoms with van der Waals surface area (Å²) in [6.45, 7) is 0.363. The maximum Gasteiger partial charge on any atom is 0.417 e. The van der Waals surface area contributed by atoms with Crippen molar-refractivity contribution in [3.05, 3.63) is 58.6 Å². The van der Waals surface area contributed by atoms with E-state index in [1.165, 1.54) is 0 Å². The lowest BCUT2D eigenvalue weighted by molar-refractivity contribution is -0.137. The minimum absolute atomic E-state index is 0.0180. The lowest BCUT2D eigenvalue weighted by Gasteiger charge is -2.31. The summed E-state index contributed by atoms with van der Waals surface area (Å²) >= 11 is 5.59. The van der Waals surface area contributed by atoms with Crippen molar-refractivity contribution in [2.24, 2.45) is 5.92 Å². The molecule has 0 unspecified atom stereocenters. The zero-order valence-electron chi connectivity index (χ0n) is 17.2. The average Bonchev–Trinajstić information content (AvgIpc) is 2.74. The number of amides is 1. The van der Waals surface area contributed by atoms with Crippen LogP contribution in [0, 0.1) is 5.92 Å². The predicted molar refractivity (Wildman–Crippen MR) is 114 cm³/mol. The van der Waals surface area contributed by atoms with E-state index in [1.54, 1.807) is 19.2 Å². The van der Waals surface area contributed by atoms with Crippen LogP contribution in [-0.2, 0) is 32.3 Å². The van der Waals surface area contributed by atoms with Crippen LogP contribution >= 0.6 is 11.6 Å². The van der Waals surface area contributed by atoms with Crippen molar-refractivity contribution in [2.75, 3.05) is 25.5 Å². The second-order valence-corrected chi connectivity index (χ2v) is 9.74. The maximum absolute atomic E-state index is 13.1. The second kappa shape index (κ2) is 9.78. The number of piperidine rings is 1. The van der Waals surface area contributed by atoms with Crippen molar-refractivity contribution in [2.45, 2.75) is 30.5 Å². The standard InChI is InChI=1S/C21H22ClF3N2O4S/c1-31-13-15-4-2-3-5-19(15)26-20(28)14-8-10-27(11-9-14)32(29,30)16-6-7-18(22)17(12-16)21(23,24)25/h2-7,12,14H,8-11,13H2,1H3,(H,26,28). The van der Waals surface area contributed by atoms with Gasteiger partial charge in [0.1, 0.15) is 0 Å². The number of benzene rings is 2. The van der Waals surface area contributed by atoms with Crippen LogP contribution in [-0.4, -0.2) is 38.8 Å². The number of nitrogens with zero attached hydrogens (tertiary/aromatic N) is 1. The molecule has 11 heteroatoms. The summed E-state index contributed by atoms with van der Waals surface area (Å²) in [5.41, 5.74) is 0.228. The van der Waals surface area contributed by atoms with E-state index in [-0.39, 0.29) is 31.8 Å². The third-order valence-electron chi connectivity index (χ3n) is 5.28. The minimum atomic E-state index is -4.77. The Morgan fingerprint density at radius 2 is 1.84 bits per heavy atom. The molecule has 0 aliphatic carbocycles. The molecule has 1 heterocycles. The third-order valence-corrected chi connectivity index (χ3v) is 7.51. The first-order valence-corrected chi connectivity index (χ1v) is 11.6. The van der Waals surface area contributed by atoms with E-state index >= 15 is 0 Å². The van der Waals surface area contributed by atoms with E-state index in [0.717, 1.165) is 22.0 Å². The summed E-state index contributed by atoms with van der Waals surface area (Å²) in [7, 11) is -2.61. The van der Waals surface area contributed by atoms with Gasteiger partial charge in [-0.2, -0.15) is 17.5 Å². The summed E-state index contributed by atoms with van der Waals surface area (Å²) in [5.74, 6) is -0.663. The maximum atomic E-state index is 13.1. The number of rotatable bonds is 6. The van der Waals surface area contributed by atoms with Gasteiger partial charge in [0.15, 0.2) is 0 Å². The Morgan fingerprint density at radius 3 is 2.47 bits per heavy atom. The molecule has 0 bridgehead atoms. The van der Waals surface area contributed by atoms with Crippen molar-refractivity contribution >= 4 is 33.2 Å². The van der Waals surface area contributed by atoms with Gasteiger partial charge in [0.2, 0.25) is 15.9 Å². The predicted octanol–water partition coefficient (Wildman–Crippen LogP) is 4.54. The van der Waals surface area contributed by atoms with Crippen molar-refractivity contribution in [1.29, 1.82) is 0 Å². The van der Waals surface area contributed by atoms with Crippen LogP contribution in [0.1, 0.15) is 24.0 Å². The highest BCUT2D eigenvalue weighted by molar-refractivity contribution is 7.89. The molecule has 0 saturated carbocycles. The van der Waals surface area contributed by atoms with Crippen LogP contribution in [0.2, 0.25) is 5.02 Å². The number of sulfonamides is 1. The van der Waals surface area contributed by atoms with Crippen molar-refractivity contribution in [1.82, 2.24) is 4.31 Å². The number of hydrogen-bond acceptors (Lipinski definition) is 4. The van der Waals surface area contributed by atoms with Gasteiger partial charge < -0.3 is 10.1 Å². The molecule has 0 radical (unpaired) electrons. The smallest absolute Gasteiger partial charge is 0.380 e. The topological polar surface area (TPSA) is 75.7 Å². The summed E-state index contributed by atoms with van der Waals surface area (Å²) in [5, 5.41) is 2.29. The fourth-order valence-corrected chi connectivity index (χ4v) is 5.27. The average molecular weight is 491 g/mol. The van der Waals surface area contributed by atoms with Crippen LogP contribution in [0.3, 0.4) is 0 Å². The summed E-state index contributed by atoms with van der Waals surface area (Å²) in [6, 6.07) is 9.72. The fourth-order valence-electron chi connectivity index (χ4n) is 3.55. The lowest BCUT2D eigenvalue weighted by atomic mass is 9.97. The Labute approximate surface area is 189 Å². The van der Waals surface area contributed by atoms with Gasteiger partial charge in [-0.3, -0.25) is 4.79 Å². The molecule has 174 valence electrons. The Bertz CT molecular complexity index is 1080. The van der Waals surface area contributed by atoms with E-state index in [0.29, 0.717) is 18.4 Å². The highest BCUT2D eigenvalue weighted by Gasteiger charge is 2.37. The first-order valence-electron chi connectivity index (χ1n) is 9.78. The molecular formula is C21H22ClF3N2O4S. The minimum Gasteiger partial charge on any atom is -0.380 e. The van der Waals surface area contributed by atoms with Gasteiger partial charge in [0.05, 0.1) is 22.1 Å². The molecule has 0 aromatic heterocycles. The Kier molecular flexibility index (Phi) is 7.49. The van der Waals surface area contributed by atoms with Crippen LogP contribution in [0.4, 0.5) is 18.9 Å². The van der Waals surface area contributed by atoms with Gasteiger partial charge in [-0.25, -0.2) is 8.42 Å². The molecule has 0 spiro atoms. The Morgan fingerprint density at radius 1 is 1.19 bits per heavy atom. The molecule has 6 nitrogen and oxygen atoms in total. The number of halogens is 4. The van der Waals surface area contributed by atoms with E-state index < -0.39 is 37.6 Å². The molecular weight excluding hydrogens is 469 g/mol. The molecule has 0 atom stereocenters. The molecule has 3 rings (SSSR count). The summed E-state index contributed by atoms with van der Waals surface area (Å²) < 4.78 is 71.3. The number of carbonyl (C=O) groups is 1. The Balaban J connectivity index is 1.68. The van der Waals surface area contributed by atoms with Crippen LogP contribution < -0.4 is 5.32 Å². The number of nitrogens with one attached hydrogen (secondary N) is 1. The van der Waals surface area contributed by atoms with Crippen LogP contribution in [0.25, 0.3) is 0 Å². The monoisotopic (exact) mass is 490 g/mol. The SMILES string of the molecule is COCc1ccccc1NC(=O)C1CCN(S(=O)(=O)c2ccc(Cl)c(C(F)(F)F)c2)CC1. The number of anilines is 1. The van der Waals surface area contributed by atoms with E-state index in [1.807, 2.05) is 12.1 Å². The molecule has 1 aliphatic rings. The highest BCUT2D eigenvalue weighted by Crippen LogP contribution is 2.37. The van der Waals surface area contributed by atoms with Gasteiger partial charge >= 0.3 is 6.18 Å². The van der Waals surface area contributed by atoms with E-state index in [4.69, 9.17) is 16.3 Å². The number of hydrogen-bond donors (Lipinski definition) is 1. The van der Waals surface area contributed by atoms with Gasteiger partial charge in [-0.05, 0) is 37.1 Å². The highest BCUT2D eigenvalue weighted by atomic mass is 35.5. The normalized spacial score (nSPS) is 16.2. The van der Waals surface area contributed by atoms with E-state index in [9.17, 15) is 26.4 Å². The Hall–Kier alpha value is -2.14. The summed E-state index contributed by atoms with van der Waals surface area (Å²) in [4.78, 5) is 12.2. The molecule has 1 fully saturated rings. The first kappa shape index (κ1) is 24.5. The fraction of sp³-hybridized carbons (Fsp3) is 0.381.